The van der Waals surface area contributed by atoms with Gasteiger partial charge in [0.05, 0.1) is 12.0 Å². The van der Waals surface area contributed by atoms with Crippen molar-refractivity contribution in [2.24, 2.45) is 0 Å². The summed E-state index contributed by atoms with van der Waals surface area (Å²) in [7, 11) is 0. The van der Waals surface area contributed by atoms with Crippen LogP contribution in [-0.2, 0) is 16.6 Å². The topological polar surface area (TPSA) is 66.4 Å². The maximum Gasteiger partial charge on any atom is 0.335 e. The summed E-state index contributed by atoms with van der Waals surface area (Å²) in [4.78, 5) is 23.5. The first kappa shape index (κ1) is 17.1. The fourth-order valence-corrected chi connectivity index (χ4v) is 3.36. The van der Waals surface area contributed by atoms with Gasteiger partial charge in [0.25, 0.3) is 0 Å². The molecule has 0 saturated heterocycles. The average Bonchev–Trinajstić information content (AvgIpc) is 2.55. The number of amides is 1. The zero-order valence-corrected chi connectivity index (χ0v) is 13.8. The largest absolute Gasteiger partial charge is 0.478 e. The molecule has 2 aromatic rings. The molecule has 4 nitrogen and oxygen atoms in total. The van der Waals surface area contributed by atoms with Gasteiger partial charge in [-0.05, 0) is 42.2 Å². The van der Waals surface area contributed by atoms with Crippen LogP contribution >= 0.6 is 0 Å². The average molecular weight is 341 g/mol. The normalized spacial score (nSPS) is 15.2. The third-order valence-corrected chi connectivity index (χ3v) is 4.99. The molecule has 25 heavy (non-hydrogen) atoms. The summed E-state index contributed by atoms with van der Waals surface area (Å²) in [5.41, 5.74) is 1.54. The van der Waals surface area contributed by atoms with Gasteiger partial charge < -0.3 is 10.4 Å². The lowest BCUT2D eigenvalue weighted by Gasteiger charge is -2.42. The van der Waals surface area contributed by atoms with Gasteiger partial charge in [-0.2, -0.15) is 0 Å². The van der Waals surface area contributed by atoms with E-state index in [1.165, 1.54) is 18.2 Å². The van der Waals surface area contributed by atoms with Crippen molar-refractivity contribution in [3.05, 3.63) is 71.0 Å². The predicted molar refractivity (Wildman–Crippen MR) is 92.0 cm³/mol. The number of carboxylic acids is 1. The fourth-order valence-electron chi connectivity index (χ4n) is 3.36. The van der Waals surface area contributed by atoms with E-state index in [1.54, 1.807) is 30.3 Å². The first-order valence-electron chi connectivity index (χ1n) is 8.34. The fraction of sp³-hybridized carbons (Fsp3) is 0.300. The van der Waals surface area contributed by atoms with Crippen LogP contribution in [0.2, 0.25) is 0 Å². The summed E-state index contributed by atoms with van der Waals surface area (Å²) in [6, 6.07) is 13.0. The molecular weight excluding hydrogens is 321 g/mol. The molecule has 0 bridgehead atoms. The number of hydrogen-bond donors (Lipinski definition) is 2. The van der Waals surface area contributed by atoms with E-state index >= 15 is 0 Å². The number of aromatic carboxylic acids is 1. The minimum Gasteiger partial charge on any atom is -0.478 e. The Morgan fingerprint density at radius 1 is 1.08 bits per heavy atom. The van der Waals surface area contributed by atoms with Gasteiger partial charge in [-0.3, -0.25) is 4.79 Å². The highest BCUT2D eigenvalue weighted by Gasteiger charge is 2.38. The van der Waals surface area contributed by atoms with Crippen LogP contribution in [0.15, 0.2) is 48.5 Å². The maximum absolute atomic E-state index is 13.1. The summed E-state index contributed by atoms with van der Waals surface area (Å²) < 4.78 is 13.1. The Morgan fingerprint density at radius 3 is 2.36 bits per heavy atom. The summed E-state index contributed by atoms with van der Waals surface area (Å²) in [5, 5.41) is 12.1. The predicted octanol–water partition coefficient (Wildman–Crippen LogP) is 3.30. The van der Waals surface area contributed by atoms with Crippen molar-refractivity contribution in [3.63, 3.8) is 0 Å². The number of rotatable bonds is 6. The van der Waals surface area contributed by atoms with Crippen molar-refractivity contribution >= 4 is 11.9 Å². The molecule has 0 spiro atoms. The van der Waals surface area contributed by atoms with Crippen molar-refractivity contribution in [1.29, 1.82) is 0 Å². The van der Waals surface area contributed by atoms with Crippen LogP contribution < -0.4 is 5.32 Å². The molecule has 3 rings (SSSR count). The molecule has 2 N–H and O–H groups in total. The zero-order chi connectivity index (χ0) is 17.9. The molecule has 1 fully saturated rings. The van der Waals surface area contributed by atoms with Crippen molar-refractivity contribution in [2.45, 2.75) is 31.1 Å². The molecule has 1 aliphatic rings. The molecular formula is C20H20FNO3. The Bertz CT molecular complexity index is 782. The minimum atomic E-state index is -1.04. The highest BCUT2D eigenvalue weighted by molar-refractivity contribution is 5.91. The summed E-state index contributed by atoms with van der Waals surface area (Å²) in [6.45, 7) is 0.479. The van der Waals surface area contributed by atoms with Crippen LogP contribution in [0.1, 0.15) is 40.7 Å². The second-order valence-corrected chi connectivity index (χ2v) is 6.56. The Kier molecular flexibility index (Phi) is 4.83. The van der Waals surface area contributed by atoms with Crippen molar-refractivity contribution in [2.75, 3.05) is 6.54 Å². The SMILES string of the molecule is O=C(Cc1ccccc1C(=O)O)NCC1(c2ccc(F)cc2)CCC1. The molecule has 1 amide bonds. The van der Waals surface area contributed by atoms with Crippen LogP contribution in [0.5, 0.6) is 0 Å². The van der Waals surface area contributed by atoms with Gasteiger partial charge in [-0.15, -0.1) is 0 Å². The van der Waals surface area contributed by atoms with Crippen LogP contribution in [0.4, 0.5) is 4.39 Å². The number of carboxylic acid groups (broad SMARTS) is 1. The van der Waals surface area contributed by atoms with Crippen LogP contribution in [0, 0.1) is 5.82 Å². The third-order valence-electron chi connectivity index (χ3n) is 4.99. The van der Waals surface area contributed by atoms with Gasteiger partial charge in [0.1, 0.15) is 5.82 Å². The second-order valence-electron chi connectivity index (χ2n) is 6.56. The highest BCUT2D eigenvalue weighted by atomic mass is 19.1. The number of hydrogen-bond acceptors (Lipinski definition) is 2. The number of carbonyl (C=O) groups is 2. The van der Waals surface area contributed by atoms with Crippen LogP contribution in [0.3, 0.4) is 0 Å². The molecule has 0 unspecified atom stereocenters. The van der Waals surface area contributed by atoms with Crippen molar-refractivity contribution < 1.29 is 19.1 Å². The van der Waals surface area contributed by atoms with Crippen molar-refractivity contribution in [3.8, 4) is 0 Å². The van der Waals surface area contributed by atoms with E-state index < -0.39 is 5.97 Å². The van der Waals surface area contributed by atoms with Gasteiger partial charge in [-0.25, -0.2) is 9.18 Å². The summed E-state index contributed by atoms with van der Waals surface area (Å²) >= 11 is 0. The Morgan fingerprint density at radius 2 is 1.76 bits per heavy atom. The Labute approximate surface area is 145 Å². The molecule has 1 saturated carbocycles. The van der Waals surface area contributed by atoms with E-state index in [9.17, 15) is 19.1 Å². The monoisotopic (exact) mass is 341 g/mol. The van der Waals surface area contributed by atoms with Crippen LogP contribution in [-0.4, -0.2) is 23.5 Å². The number of carbonyl (C=O) groups excluding carboxylic acids is 1. The van der Waals surface area contributed by atoms with E-state index in [1.807, 2.05) is 0 Å². The Hall–Kier alpha value is -2.69. The first-order chi connectivity index (χ1) is 12.0. The molecule has 0 heterocycles. The van der Waals surface area contributed by atoms with E-state index in [0.717, 1.165) is 24.8 Å². The van der Waals surface area contributed by atoms with Gasteiger partial charge >= 0.3 is 5.97 Å². The number of nitrogens with one attached hydrogen (secondary N) is 1. The lowest BCUT2D eigenvalue weighted by molar-refractivity contribution is -0.120. The minimum absolute atomic E-state index is 0.0297. The summed E-state index contributed by atoms with van der Waals surface area (Å²) in [5.74, 6) is -1.51. The molecule has 0 radical (unpaired) electrons. The molecule has 0 atom stereocenters. The molecule has 130 valence electrons. The molecule has 0 aromatic heterocycles. The molecule has 1 aliphatic carbocycles. The summed E-state index contributed by atoms with van der Waals surface area (Å²) in [6.07, 6.45) is 3.01. The van der Waals surface area contributed by atoms with E-state index in [2.05, 4.69) is 5.32 Å². The number of benzene rings is 2. The van der Waals surface area contributed by atoms with Crippen LogP contribution in [0.25, 0.3) is 0 Å². The standard InChI is InChI=1S/C20H20FNO3/c21-16-8-6-15(7-9-16)20(10-3-11-20)13-22-18(23)12-14-4-1-2-5-17(14)19(24)25/h1-2,4-9H,3,10-13H2,(H,22,23)(H,24,25). The maximum atomic E-state index is 13.1. The van der Waals surface area contributed by atoms with E-state index in [0.29, 0.717) is 12.1 Å². The quantitative estimate of drug-likeness (QED) is 0.847. The smallest absolute Gasteiger partial charge is 0.335 e. The van der Waals surface area contributed by atoms with Crippen molar-refractivity contribution in [1.82, 2.24) is 5.32 Å². The van der Waals surface area contributed by atoms with E-state index in [-0.39, 0.29) is 29.1 Å². The lowest BCUT2D eigenvalue weighted by atomic mass is 9.64. The molecule has 0 aliphatic heterocycles. The molecule has 2 aromatic carbocycles. The lowest BCUT2D eigenvalue weighted by Crippen LogP contribution is -2.46. The Balaban J connectivity index is 1.66. The number of halogens is 1. The van der Waals surface area contributed by atoms with E-state index in [4.69, 9.17) is 0 Å². The second kappa shape index (κ2) is 7.05. The van der Waals surface area contributed by atoms with Gasteiger partial charge in [0.2, 0.25) is 5.91 Å². The van der Waals surface area contributed by atoms with Gasteiger partial charge in [0, 0.05) is 12.0 Å². The highest BCUT2D eigenvalue weighted by Crippen LogP contribution is 2.43. The third kappa shape index (κ3) is 3.71. The van der Waals surface area contributed by atoms with Gasteiger partial charge in [-0.1, -0.05) is 36.8 Å². The first-order valence-corrected chi connectivity index (χ1v) is 8.34. The zero-order valence-electron chi connectivity index (χ0n) is 13.8. The molecule has 5 heteroatoms. The van der Waals surface area contributed by atoms with Gasteiger partial charge in [0.15, 0.2) is 0 Å².